The molecule has 0 rings (SSSR count). The first kappa shape index (κ1) is 13.4. The molecular formula is C8H15O5P. The molecular weight excluding hydrogens is 207 g/mol. The second-order valence-electron chi connectivity index (χ2n) is 2.61. The summed E-state index contributed by atoms with van der Waals surface area (Å²) in [6.07, 6.45) is 1.60. The Morgan fingerprint density at radius 2 is 2.07 bits per heavy atom. The summed E-state index contributed by atoms with van der Waals surface area (Å²) in [7, 11) is -3.13. The van der Waals surface area contributed by atoms with E-state index in [0.29, 0.717) is 12.8 Å². The zero-order chi connectivity index (χ0) is 11.2. The van der Waals surface area contributed by atoms with E-state index in [9.17, 15) is 9.36 Å². The third-order valence-corrected chi connectivity index (χ3v) is 2.35. The average Bonchev–Trinajstić information content (AvgIpc) is 2.15. The van der Waals surface area contributed by atoms with E-state index < -0.39 is 20.0 Å². The molecule has 0 bridgehead atoms. The van der Waals surface area contributed by atoms with Crippen LogP contribution in [0.2, 0.25) is 0 Å². The molecule has 82 valence electrons. The van der Waals surface area contributed by atoms with E-state index in [1.807, 2.05) is 0 Å². The zero-order valence-corrected chi connectivity index (χ0v) is 9.28. The molecule has 0 amide bonds. The maximum absolute atomic E-state index is 10.9. The summed E-state index contributed by atoms with van der Waals surface area (Å²) in [5.41, 5.74) is 0. The highest BCUT2D eigenvalue weighted by Crippen LogP contribution is 2.32. The quantitative estimate of drug-likeness (QED) is 0.320. The maximum Gasteiger partial charge on any atom is 0.332 e. The van der Waals surface area contributed by atoms with Gasteiger partial charge in [-0.15, -0.1) is 0 Å². The monoisotopic (exact) mass is 222 g/mol. The van der Waals surface area contributed by atoms with Crippen molar-refractivity contribution < 1.29 is 23.5 Å². The van der Waals surface area contributed by atoms with Crippen LogP contribution < -0.4 is 0 Å². The van der Waals surface area contributed by atoms with Gasteiger partial charge in [0.15, 0.2) is 0 Å². The molecule has 0 aromatic carbocycles. The Morgan fingerprint density at radius 1 is 1.57 bits per heavy atom. The van der Waals surface area contributed by atoms with Crippen LogP contribution >= 0.6 is 8.25 Å². The van der Waals surface area contributed by atoms with Crippen LogP contribution in [0.15, 0.2) is 12.7 Å². The van der Waals surface area contributed by atoms with Gasteiger partial charge in [0.2, 0.25) is 5.79 Å². The number of rotatable bonds is 6. The van der Waals surface area contributed by atoms with Gasteiger partial charge in [-0.1, -0.05) is 20.4 Å². The minimum atomic E-state index is -3.13. The highest BCUT2D eigenvalue weighted by Gasteiger charge is 2.32. The Hall–Kier alpha value is -0.640. The molecule has 0 heterocycles. The van der Waals surface area contributed by atoms with E-state index in [-0.39, 0.29) is 0 Å². The van der Waals surface area contributed by atoms with Crippen LogP contribution in [-0.4, -0.2) is 16.6 Å². The lowest BCUT2D eigenvalue weighted by Gasteiger charge is -2.29. The topological polar surface area (TPSA) is 72.8 Å². The van der Waals surface area contributed by atoms with Gasteiger partial charge < -0.3 is 9.63 Å². The molecule has 0 fully saturated rings. The van der Waals surface area contributed by atoms with Crippen LogP contribution in [0.25, 0.3) is 0 Å². The number of ether oxygens (including phenoxy) is 1. The summed E-state index contributed by atoms with van der Waals surface area (Å²) >= 11 is 0. The van der Waals surface area contributed by atoms with Crippen LogP contribution in [0.5, 0.6) is 0 Å². The molecule has 0 spiro atoms. The van der Waals surface area contributed by atoms with Crippen molar-refractivity contribution in [3.05, 3.63) is 12.7 Å². The maximum atomic E-state index is 10.9. The lowest BCUT2D eigenvalue weighted by Crippen LogP contribution is -2.34. The highest BCUT2D eigenvalue weighted by molar-refractivity contribution is 7.32. The van der Waals surface area contributed by atoms with Crippen molar-refractivity contribution in [3.8, 4) is 0 Å². The summed E-state index contributed by atoms with van der Waals surface area (Å²) in [5.74, 6) is -1.98. The van der Waals surface area contributed by atoms with E-state index >= 15 is 0 Å². The van der Waals surface area contributed by atoms with Crippen molar-refractivity contribution in [2.45, 2.75) is 32.5 Å². The second kappa shape index (κ2) is 5.96. The van der Waals surface area contributed by atoms with E-state index in [1.54, 1.807) is 13.8 Å². The lowest BCUT2D eigenvalue weighted by molar-refractivity contribution is -0.195. The molecule has 6 heteroatoms. The van der Waals surface area contributed by atoms with Crippen molar-refractivity contribution >= 4 is 14.2 Å². The van der Waals surface area contributed by atoms with Crippen LogP contribution in [0.3, 0.4) is 0 Å². The molecule has 0 aromatic heterocycles. The molecule has 1 unspecified atom stereocenters. The Balaban J connectivity index is 4.59. The summed E-state index contributed by atoms with van der Waals surface area (Å²) in [5, 5.41) is 0. The fourth-order valence-electron chi connectivity index (χ4n) is 0.944. The van der Waals surface area contributed by atoms with E-state index in [4.69, 9.17) is 14.2 Å². The first-order valence-corrected chi connectivity index (χ1v) is 5.53. The number of carbonyl (C=O) groups excluding carboxylic acids is 1. The van der Waals surface area contributed by atoms with Crippen molar-refractivity contribution in [2.75, 3.05) is 0 Å². The molecule has 0 aliphatic heterocycles. The normalized spacial score (nSPS) is 13.4. The Labute approximate surface area is 83.7 Å². The third-order valence-electron chi connectivity index (χ3n) is 1.80. The molecule has 0 saturated carbocycles. The zero-order valence-electron chi connectivity index (χ0n) is 8.28. The number of carbonyl (C=O) groups is 1. The third kappa shape index (κ3) is 4.05. The standard InChI is InChI=1S/C8H15O5P/c1-4-7(9)12-8(5-2,6-3)13-14(10)11/h4,14H,1,5-6H2,2-3H3,(H,10,11). The van der Waals surface area contributed by atoms with Crippen molar-refractivity contribution in [3.63, 3.8) is 0 Å². The number of hydrogen-bond acceptors (Lipinski definition) is 4. The first-order valence-electron chi connectivity index (χ1n) is 4.27. The molecule has 5 nitrogen and oxygen atoms in total. The highest BCUT2D eigenvalue weighted by atomic mass is 31.1. The molecule has 1 atom stereocenters. The van der Waals surface area contributed by atoms with Gasteiger partial charge in [0, 0.05) is 18.9 Å². The van der Waals surface area contributed by atoms with Crippen LogP contribution in [0.4, 0.5) is 0 Å². The molecule has 0 aliphatic carbocycles. The van der Waals surface area contributed by atoms with Gasteiger partial charge >= 0.3 is 14.2 Å². The fraction of sp³-hybridized carbons (Fsp3) is 0.625. The second-order valence-corrected chi connectivity index (χ2v) is 3.35. The summed E-state index contributed by atoms with van der Waals surface area (Å²) in [4.78, 5) is 19.6. The predicted molar refractivity (Wildman–Crippen MR) is 51.9 cm³/mol. The summed E-state index contributed by atoms with van der Waals surface area (Å²) in [6, 6.07) is 0. The molecule has 0 aliphatic rings. The first-order chi connectivity index (χ1) is 6.49. The van der Waals surface area contributed by atoms with Gasteiger partial charge in [-0.3, -0.25) is 9.09 Å². The Bertz CT molecular complexity index is 234. The Morgan fingerprint density at radius 3 is 2.36 bits per heavy atom. The predicted octanol–water partition coefficient (Wildman–Crippen LogP) is 1.63. The average molecular weight is 222 g/mol. The van der Waals surface area contributed by atoms with Crippen LogP contribution in [0, 0.1) is 0 Å². The van der Waals surface area contributed by atoms with Gasteiger partial charge in [-0.05, 0) is 0 Å². The van der Waals surface area contributed by atoms with Crippen LogP contribution in [0.1, 0.15) is 26.7 Å². The van der Waals surface area contributed by atoms with Gasteiger partial charge in [-0.2, -0.15) is 0 Å². The molecule has 0 aromatic rings. The number of hydrogen-bond donors (Lipinski definition) is 1. The fourth-order valence-corrected chi connectivity index (χ4v) is 1.59. The largest absolute Gasteiger partial charge is 0.429 e. The summed E-state index contributed by atoms with van der Waals surface area (Å²) < 4.78 is 20.2. The SMILES string of the molecule is C=CC(=O)OC(CC)(CC)O[PH](=O)O. The van der Waals surface area contributed by atoms with E-state index in [0.717, 1.165) is 6.08 Å². The smallest absolute Gasteiger partial charge is 0.332 e. The van der Waals surface area contributed by atoms with E-state index in [1.165, 1.54) is 0 Å². The van der Waals surface area contributed by atoms with Crippen molar-refractivity contribution in [1.82, 2.24) is 0 Å². The number of esters is 1. The van der Waals surface area contributed by atoms with Gasteiger partial charge in [0.1, 0.15) is 0 Å². The molecule has 0 radical (unpaired) electrons. The minimum absolute atomic E-state index is 0.306. The lowest BCUT2D eigenvalue weighted by atomic mass is 10.1. The molecule has 1 N–H and O–H groups in total. The van der Waals surface area contributed by atoms with E-state index in [2.05, 4.69) is 6.58 Å². The van der Waals surface area contributed by atoms with Crippen molar-refractivity contribution in [1.29, 1.82) is 0 Å². The Kier molecular flexibility index (Phi) is 5.69. The summed E-state index contributed by atoms with van der Waals surface area (Å²) in [6.45, 7) is 6.63. The van der Waals surface area contributed by atoms with Crippen LogP contribution in [-0.2, 0) is 18.6 Å². The van der Waals surface area contributed by atoms with Gasteiger partial charge in [-0.25, -0.2) is 4.79 Å². The van der Waals surface area contributed by atoms with Crippen molar-refractivity contribution in [2.24, 2.45) is 0 Å². The molecule has 14 heavy (non-hydrogen) atoms. The molecule has 0 saturated heterocycles. The van der Waals surface area contributed by atoms with Gasteiger partial charge in [0.25, 0.3) is 0 Å². The minimum Gasteiger partial charge on any atom is -0.429 e. The van der Waals surface area contributed by atoms with Gasteiger partial charge in [0.05, 0.1) is 0 Å².